The summed E-state index contributed by atoms with van der Waals surface area (Å²) >= 11 is 0. The van der Waals surface area contributed by atoms with Gasteiger partial charge in [0, 0.05) is 12.2 Å². The van der Waals surface area contributed by atoms with Gasteiger partial charge in [0.15, 0.2) is 0 Å². The van der Waals surface area contributed by atoms with Gasteiger partial charge in [-0.05, 0) is 37.1 Å². The normalized spacial score (nSPS) is 20.9. The Morgan fingerprint density at radius 1 is 1.36 bits per heavy atom. The van der Waals surface area contributed by atoms with Crippen molar-refractivity contribution in [1.82, 2.24) is 9.97 Å². The van der Waals surface area contributed by atoms with E-state index in [4.69, 9.17) is 5.26 Å². The van der Waals surface area contributed by atoms with Crippen molar-refractivity contribution in [3.05, 3.63) is 53.1 Å². The standard InChI is InChI=1S/C16H15FN4O/c1-10-5-13(8-18)20-16(19-10)21-9-14(22)7-15(21)11-3-2-4-12(17)6-11/h2-6,14-15,22H,7,9H2,1H3/t14-,15+/m1/s1. The highest BCUT2D eigenvalue weighted by Crippen LogP contribution is 2.35. The van der Waals surface area contributed by atoms with Gasteiger partial charge in [-0.3, -0.25) is 0 Å². The molecule has 0 amide bonds. The molecule has 0 unspecified atom stereocenters. The molecular formula is C16H15FN4O. The van der Waals surface area contributed by atoms with Gasteiger partial charge in [0.2, 0.25) is 5.95 Å². The zero-order valence-electron chi connectivity index (χ0n) is 12.1. The van der Waals surface area contributed by atoms with Crippen LogP contribution in [0.3, 0.4) is 0 Å². The molecule has 1 fully saturated rings. The van der Waals surface area contributed by atoms with Crippen LogP contribution >= 0.6 is 0 Å². The van der Waals surface area contributed by atoms with E-state index >= 15 is 0 Å². The van der Waals surface area contributed by atoms with Gasteiger partial charge in [-0.15, -0.1) is 0 Å². The minimum atomic E-state index is -0.539. The van der Waals surface area contributed by atoms with Crippen molar-refractivity contribution in [2.75, 3.05) is 11.4 Å². The predicted octanol–water partition coefficient (Wildman–Crippen LogP) is 2.11. The number of aliphatic hydroxyl groups excluding tert-OH is 1. The number of aryl methyl sites for hydroxylation is 1. The molecule has 5 nitrogen and oxygen atoms in total. The molecule has 0 bridgehead atoms. The number of rotatable bonds is 2. The van der Waals surface area contributed by atoms with Gasteiger partial charge in [0.1, 0.15) is 17.6 Å². The van der Waals surface area contributed by atoms with E-state index in [1.54, 1.807) is 19.1 Å². The zero-order chi connectivity index (χ0) is 15.7. The van der Waals surface area contributed by atoms with Crippen LogP contribution < -0.4 is 4.90 Å². The molecule has 1 saturated heterocycles. The summed E-state index contributed by atoms with van der Waals surface area (Å²) in [7, 11) is 0. The molecule has 1 aliphatic heterocycles. The topological polar surface area (TPSA) is 73.0 Å². The molecule has 6 heteroatoms. The van der Waals surface area contributed by atoms with Crippen LogP contribution in [-0.2, 0) is 0 Å². The minimum Gasteiger partial charge on any atom is -0.391 e. The summed E-state index contributed by atoms with van der Waals surface area (Å²) in [4.78, 5) is 10.4. The molecule has 1 aromatic heterocycles. The van der Waals surface area contributed by atoms with Crippen LogP contribution in [0.1, 0.15) is 29.4 Å². The van der Waals surface area contributed by atoms with Gasteiger partial charge in [-0.25, -0.2) is 14.4 Å². The second-order valence-corrected chi connectivity index (χ2v) is 5.42. The van der Waals surface area contributed by atoms with E-state index in [9.17, 15) is 9.50 Å². The number of halogens is 1. The van der Waals surface area contributed by atoms with Gasteiger partial charge < -0.3 is 10.0 Å². The fourth-order valence-electron chi connectivity index (χ4n) is 2.80. The average molecular weight is 298 g/mol. The number of β-amino-alcohol motifs (C(OH)–C–C–N with tert-alkyl or cyclic N) is 1. The lowest BCUT2D eigenvalue weighted by Crippen LogP contribution is -2.26. The summed E-state index contributed by atoms with van der Waals surface area (Å²) < 4.78 is 13.5. The first-order chi connectivity index (χ1) is 10.6. The molecule has 0 saturated carbocycles. The number of aliphatic hydroxyl groups is 1. The maximum Gasteiger partial charge on any atom is 0.227 e. The second-order valence-electron chi connectivity index (χ2n) is 5.42. The number of nitriles is 1. The van der Waals surface area contributed by atoms with Crippen molar-refractivity contribution >= 4 is 5.95 Å². The Labute approximate surface area is 127 Å². The zero-order valence-corrected chi connectivity index (χ0v) is 12.1. The van der Waals surface area contributed by atoms with Gasteiger partial charge in [0.05, 0.1) is 12.1 Å². The van der Waals surface area contributed by atoms with Crippen LogP contribution in [0.25, 0.3) is 0 Å². The van der Waals surface area contributed by atoms with Crippen LogP contribution in [0.2, 0.25) is 0 Å². The summed E-state index contributed by atoms with van der Waals surface area (Å²) in [6, 6.07) is 9.71. The first kappa shape index (κ1) is 14.4. The maximum absolute atomic E-state index is 13.5. The van der Waals surface area contributed by atoms with Crippen molar-refractivity contribution in [2.24, 2.45) is 0 Å². The van der Waals surface area contributed by atoms with E-state index in [2.05, 4.69) is 9.97 Å². The molecule has 2 aromatic rings. The lowest BCUT2D eigenvalue weighted by molar-refractivity contribution is 0.194. The van der Waals surface area contributed by atoms with Crippen LogP contribution in [-0.4, -0.2) is 27.7 Å². The second kappa shape index (κ2) is 5.70. The number of hydrogen-bond acceptors (Lipinski definition) is 5. The molecule has 1 aliphatic rings. The number of hydrogen-bond donors (Lipinski definition) is 1. The molecule has 0 radical (unpaired) electrons. The van der Waals surface area contributed by atoms with Crippen molar-refractivity contribution < 1.29 is 9.50 Å². The molecule has 22 heavy (non-hydrogen) atoms. The van der Waals surface area contributed by atoms with Gasteiger partial charge in [-0.1, -0.05) is 12.1 Å². The largest absolute Gasteiger partial charge is 0.391 e. The summed E-state index contributed by atoms with van der Waals surface area (Å²) in [5, 5.41) is 19.0. The molecule has 1 N–H and O–H groups in total. The SMILES string of the molecule is Cc1cc(C#N)nc(N2C[C@H](O)C[C@H]2c2cccc(F)c2)n1. The highest BCUT2D eigenvalue weighted by molar-refractivity contribution is 5.42. The molecule has 0 aliphatic carbocycles. The Bertz CT molecular complexity index is 743. The summed E-state index contributed by atoms with van der Waals surface area (Å²) in [6.07, 6.45) is -0.0641. The molecule has 112 valence electrons. The number of anilines is 1. The number of nitrogens with zero attached hydrogens (tertiary/aromatic N) is 4. The van der Waals surface area contributed by atoms with Crippen molar-refractivity contribution in [3.63, 3.8) is 0 Å². The highest BCUT2D eigenvalue weighted by Gasteiger charge is 2.34. The third kappa shape index (κ3) is 2.76. The molecular weight excluding hydrogens is 283 g/mol. The van der Waals surface area contributed by atoms with Gasteiger partial charge in [-0.2, -0.15) is 5.26 Å². The third-order valence-electron chi connectivity index (χ3n) is 3.73. The van der Waals surface area contributed by atoms with Crippen LogP contribution in [0, 0.1) is 24.1 Å². The lowest BCUT2D eigenvalue weighted by Gasteiger charge is -2.25. The highest BCUT2D eigenvalue weighted by atomic mass is 19.1. The van der Waals surface area contributed by atoms with E-state index < -0.39 is 6.10 Å². The Balaban J connectivity index is 2.01. The summed E-state index contributed by atoms with van der Waals surface area (Å²) in [6.45, 7) is 2.14. The Morgan fingerprint density at radius 2 is 2.18 bits per heavy atom. The maximum atomic E-state index is 13.5. The Hall–Kier alpha value is -2.52. The van der Waals surface area contributed by atoms with Crippen molar-refractivity contribution in [2.45, 2.75) is 25.5 Å². The quantitative estimate of drug-likeness (QED) is 0.919. The van der Waals surface area contributed by atoms with Gasteiger partial charge >= 0.3 is 0 Å². The van der Waals surface area contributed by atoms with Crippen molar-refractivity contribution in [3.8, 4) is 6.07 Å². The van der Waals surface area contributed by atoms with E-state index in [0.717, 1.165) is 5.56 Å². The number of aromatic nitrogens is 2. The smallest absolute Gasteiger partial charge is 0.227 e. The van der Waals surface area contributed by atoms with E-state index in [0.29, 0.717) is 24.6 Å². The molecule has 2 atom stereocenters. The average Bonchev–Trinajstić information content (AvgIpc) is 2.88. The first-order valence-corrected chi connectivity index (χ1v) is 7.03. The van der Waals surface area contributed by atoms with Crippen LogP contribution in [0.5, 0.6) is 0 Å². The van der Waals surface area contributed by atoms with E-state index in [1.165, 1.54) is 12.1 Å². The predicted molar refractivity (Wildman–Crippen MR) is 78.6 cm³/mol. The third-order valence-corrected chi connectivity index (χ3v) is 3.73. The Kier molecular flexibility index (Phi) is 3.73. The lowest BCUT2D eigenvalue weighted by atomic mass is 10.0. The Morgan fingerprint density at radius 3 is 2.91 bits per heavy atom. The minimum absolute atomic E-state index is 0.209. The number of benzene rings is 1. The monoisotopic (exact) mass is 298 g/mol. The molecule has 1 aromatic carbocycles. The molecule has 3 rings (SSSR count). The fraction of sp³-hybridized carbons (Fsp3) is 0.312. The van der Waals surface area contributed by atoms with Gasteiger partial charge in [0.25, 0.3) is 0 Å². The van der Waals surface area contributed by atoms with Crippen LogP contribution in [0.4, 0.5) is 10.3 Å². The van der Waals surface area contributed by atoms with Crippen molar-refractivity contribution in [1.29, 1.82) is 5.26 Å². The summed E-state index contributed by atoms with van der Waals surface area (Å²) in [5.74, 6) is 0.0732. The first-order valence-electron chi connectivity index (χ1n) is 7.03. The summed E-state index contributed by atoms with van der Waals surface area (Å²) in [5.41, 5.74) is 1.72. The van der Waals surface area contributed by atoms with E-state index in [-0.39, 0.29) is 17.6 Å². The molecule has 0 spiro atoms. The van der Waals surface area contributed by atoms with E-state index in [1.807, 2.05) is 17.0 Å². The fourth-order valence-corrected chi connectivity index (χ4v) is 2.80. The van der Waals surface area contributed by atoms with Crippen LogP contribution in [0.15, 0.2) is 30.3 Å². The molecule has 2 heterocycles.